The van der Waals surface area contributed by atoms with Gasteiger partial charge in [0.2, 0.25) is 0 Å². The molecule has 0 saturated carbocycles. The van der Waals surface area contributed by atoms with Gasteiger partial charge < -0.3 is 10.2 Å². The van der Waals surface area contributed by atoms with Crippen molar-refractivity contribution in [3.05, 3.63) is 70.5 Å². The minimum absolute atomic E-state index is 0. The van der Waals surface area contributed by atoms with E-state index in [-0.39, 0.29) is 30.2 Å². The zero-order chi connectivity index (χ0) is 16.4. The molecule has 1 amide bonds. The second-order valence-electron chi connectivity index (χ2n) is 5.91. The Hall–Kier alpha value is -1.91. The first-order valence-corrected chi connectivity index (χ1v) is 7.99. The van der Waals surface area contributed by atoms with Crippen LogP contribution in [-0.2, 0) is 13.1 Å². The molecular formula is C19H22ClFN2O. The van der Waals surface area contributed by atoms with Crippen molar-refractivity contribution < 1.29 is 9.18 Å². The third kappa shape index (κ3) is 3.60. The second kappa shape index (κ2) is 7.77. The summed E-state index contributed by atoms with van der Waals surface area (Å²) in [6.07, 6.45) is 0. The van der Waals surface area contributed by atoms with Crippen LogP contribution in [-0.4, -0.2) is 17.4 Å². The molecule has 0 saturated heterocycles. The molecule has 0 fully saturated rings. The van der Waals surface area contributed by atoms with E-state index in [0.29, 0.717) is 12.1 Å². The third-order valence-electron chi connectivity index (χ3n) is 4.51. The highest BCUT2D eigenvalue weighted by molar-refractivity contribution is 5.94. The monoisotopic (exact) mass is 348 g/mol. The van der Waals surface area contributed by atoms with Crippen molar-refractivity contribution in [1.29, 1.82) is 0 Å². The molecule has 2 aromatic rings. The van der Waals surface area contributed by atoms with Gasteiger partial charge in [-0.3, -0.25) is 4.79 Å². The third-order valence-corrected chi connectivity index (χ3v) is 4.51. The van der Waals surface area contributed by atoms with Gasteiger partial charge in [0.05, 0.1) is 6.04 Å². The van der Waals surface area contributed by atoms with Crippen molar-refractivity contribution in [1.82, 2.24) is 10.2 Å². The van der Waals surface area contributed by atoms with Gasteiger partial charge in [-0.15, -0.1) is 12.4 Å². The summed E-state index contributed by atoms with van der Waals surface area (Å²) in [5.41, 5.74) is 4.10. The van der Waals surface area contributed by atoms with Crippen LogP contribution in [0.1, 0.15) is 46.9 Å². The number of benzene rings is 2. The molecule has 2 aromatic carbocycles. The summed E-state index contributed by atoms with van der Waals surface area (Å²) in [6.45, 7) is 6.23. The van der Waals surface area contributed by atoms with Gasteiger partial charge >= 0.3 is 0 Å². The lowest BCUT2D eigenvalue weighted by atomic mass is 10.0. The molecule has 24 heavy (non-hydrogen) atoms. The normalized spacial score (nSPS) is 13.8. The number of carbonyl (C=O) groups is 1. The minimum Gasteiger partial charge on any atom is -0.332 e. The molecule has 0 radical (unpaired) electrons. The zero-order valence-electron chi connectivity index (χ0n) is 13.9. The average Bonchev–Trinajstić information content (AvgIpc) is 3.03. The number of rotatable bonds is 4. The molecule has 1 N–H and O–H groups in total. The van der Waals surface area contributed by atoms with Crippen molar-refractivity contribution in [3.8, 4) is 0 Å². The molecule has 0 aliphatic carbocycles. The van der Waals surface area contributed by atoms with E-state index in [1.165, 1.54) is 23.3 Å². The number of nitrogens with one attached hydrogen (secondary N) is 1. The van der Waals surface area contributed by atoms with Gasteiger partial charge in [-0.2, -0.15) is 0 Å². The zero-order valence-corrected chi connectivity index (χ0v) is 14.7. The van der Waals surface area contributed by atoms with E-state index < -0.39 is 0 Å². The van der Waals surface area contributed by atoms with Crippen LogP contribution in [0.4, 0.5) is 4.39 Å². The maximum absolute atomic E-state index is 13.1. The highest BCUT2D eigenvalue weighted by Gasteiger charge is 2.22. The molecule has 5 heteroatoms. The Labute approximate surface area is 148 Å². The summed E-state index contributed by atoms with van der Waals surface area (Å²) < 4.78 is 13.1. The minimum atomic E-state index is -0.263. The van der Waals surface area contributed by atoms with E-state index in [4.69, 9.17) is 0 Å². The fourth-order valence-corrected chi connectivity index (χ4v) is 3.11. The van der Waals surface area contributed by atoms with Crippen LogP contribution in [0.5, 0.6) is 0 Å². The number of nitrogens with zero attached hydrogens (tertiary/aromatic N) is 1. The molecule has 3 rings (SSSR count). The summed E-state index contributed by atoms with van der Waals surface area (Å²) in [5.74, 6) is -0.250. The van der Waals surface area contributed by atoms with Crippen molar-refractivity contribution >= 4 is 18.3 Å². The van der Waals surface area contributed by atoms with E-state index in [2.05, 4.69) is 5.32 Å². The van der Waals surface area contributed by atoms with Gasteiger partial charge in [-0.1, -0.05) is 18.2 Å². The van der Waals surface area contributed by atoms with E-state index in [1.54, 1.807) is 12.1 Å². The standard InChI is InChI=1S/C19H21FN2O.ClH/c1-3-22(13(2)14-6-8-18(20)9-7-14)19(23)15-4-5-16-11-21-12-17(16)10-15;/h4-10,13,21H,3,11-12H2,1-2H3;1H. The summed E-state index contributed by atoms with van der Waals surface area (Å²) >= 11 is 0. The fraction of sp³-hybridized carbons (Fsp3) is 0.316. The second-order valence-corrected chi connectivity index (χ2v) is 5.91. The molecular weight excluding hydrogens is 327 g/mol. The maximum atomic E-state index is 13.1. The molecule has 0 bridgehead atoms. The first-order chi connectivity index (χ1) is 11.1. The quantitative estimate of drug-likeness (QED) is 0.903. The van der Waals surface area contributed by atoms with E-state index in [1.807, 2.05) is 36.9 Å². The lowest BCUT2D eigenvalue weighted by molar-refractivity contribution is 0.0702. The van der Waals surface area contributed by atoms with Gasteiger partial charge in [-0.25, -0.2) is 4.39 Å². The Morgan fingerprint density at radius 1 is 1.17 bits per heavy atom. The Balaban J connectivity index is 0.00000208. The van der Waals surface area contributed by atoms with Crippen molar-refractivity contribution in [2.75, 3.05) is 6.54 Å². The lowest BCUT2D eigenvalue weighted by Gasteiger charge is -2.28. The van der Waals surface area contributed by atoms with Gasteiger partial charge in [0, 0.05) is 25.2 Å². The first kappa shape index (κ1) is 18.4. The Morgan fingerprint density at radius 2 is 1.83 bits per heavy atom. The maximum Gasteiger partial charge on any atom is 0.254 e. The molecule has 3 nitrogen and oxygen atoms in total. The summed E-state index contributed by atoms with van der Waals surface area (Å²) in [6, 6.07) is 12.2. The van der Waals surface area contributed by atoms with Crippen LogP contribution in [0.25, 0.3) is 0 Å². The van der Waals surface area contributed by atoms with Crippen LogP contribution in [0.15, 0.2) is 42.5 Å². The molecule has 1 aliphatic rings. The van der Waals surface area contributed by atoms with E-state index >= 15 is 0 Å². The molecule has 1 aliphatic heterocycles. The van der Waals surface area contributed by atoms with Crippen LogP contribution in [0.2, 0.25) is 0 Å². The van der Waals surface area contributed by atoms with Gasteiger partial charge in [0.15, 0.2) is 0 Å². The summed E-state index contributed by atoms with van der Waals surface area (Å²) in [4.78, 5) is 14.7. The molecule has 1 unspecified atom stereocenters. The predicted molar refractivity (Wildman–Crippen MR) is 95.8 cm³/mol. The Bertz CT molecular complexity index is 718. The summed E-state index contributed by atoms with van der Waals surface area (Å²) in [7, 11) is 0. The van der Waals surface area contributed by atoms with Crippen LogP contribution >= 0.6 is 12.4 Å². The topological polar surface area (TPSA) is 32.3 Å². The van der Waals surface area contributed by atoms with Crippen molar-refractivity contribution in [3.63, 3.8) is 0 Å². The SMILES string of the molecule is CCN(C(=O)c1ccc2c(c1)CNC2)C(C)c1ccc(F)cc1.Cl. The average molecular weight is 349 g/mol. The van der Waals surface area contributed by atoms with E-state index in [9.17, 15) is 9.18 Å². The highest BCUT2D eigenvalue weighted by Crippen LogP contribution is 2.24. The van der Waals surface area contributed by atoms with Crippen LogP contribution in [0, 0.1) is 5.82 Å². The number of halogens is 2. The number of hydrogen-bond acceptors (Lipinski definition) is 2. The Kier molecular flexibility index (Phi) is 5.97. The lowest BCUT2D eigenvalue weighted by Crippen LogP contribution is -2.33. The molecule has 128 valence electrons. The number of carbonyl (C=O) groups excluding carboxylic acids is 1. The summed E-state index contributed by atoms with van der Waals surface area (Å²) in [5, 5.41) is 3.29. The van der Waals surface area contributed by atoms with Crippen LogP contribution in [0.3, 0.4) is 0 Å². The number of amides is 1. The smallest absolute Gasteiger partial charge is 0.254 e. The molecule has 0 spiro atoms. The van der Waals surface area contributed by atoms with Crippen molar-refractivity contribution in [2.45, 2.75) is 33.0 Å². The number of fused-ring (bicyclic) bond motifs is 1. The van der Waals surface area contributed by atoms with Crippen LogP contribution < -0.4 is 5.32 Å². The first-order valence-electron chi connectivity index (χ1n) is 7.99. The van der Waals surface area contributed by atoms with Crippen molar-refractivity contribution in [2.24, 2.45) is 0 Å². The van der Waals surface area contributed by atoms with E-state index in [0.717, 1.165) is 18.7 Å². The molecule has 1 atom stereocenters. The largest absolute Gasteiger partial charge is 0.332 e. The van der Waals surface area contributed by atoms with Gasteiger partial charge in [-0.05, 0) is 54.8 Å². The number of hydrogen-bond donors (Lipinski definition) is 1. The Morgan fingerprint density at radius 3 is 2.50 bits per heavy atom. The van der Waals surface area contributed by atoms with Gasteiger partial charge in [0.25, 0.3) is 5.91 Å². The highest BCUT2D eigenvalue weighted by atomic mass is 35.5. The molecule has 1 heterocycles. The predicted octanol–water partition coefficient (Wildman–Crippen LogP) is 4.07. The fourth-order valence-electron chi connectivity index (χ4n) is 3.11. The molecule has 0 aromatic heterocycles. The van der Waals surface area contributed by atoms with Gasteiger partial charge in [0.1, 0.15) is 5.82 Å².